The fourth-order valence-corrected chi connectivity index (χ4v) is 5.98. The highest BCUT2D eigenvalue weighted by atomic mass is 79.9. The molecule has 1 atom stereocenters. The molecule has 3 heterocycles. The molecule has 1 aromatic carbocycles. The van der Waals surface area contributed by atoms with Crippen LogP contribution in [0.3, 0.4) is 0 Å². The van der Waals surface area contributed by atoms with Crippen molar-refractivity contribution < 1.29 is 19.0 Å². The number of carbonyl (C=O) groups excluding carboxylic acids is 1. The van der Waals surface area contributed by atoms with E-state index in [1.165, 1.54) is 18.4 Å². The maximum Gasteiger partial charge on any atom is 0.338 e. The molecule has 0 spiro atoms. The summed E-state index contributed by atoms with van der Waals surface area (Å²) in [6.45, 7) is 3.70. The Labute approximate surface area is 206 Å². The summed E-state index contributed by atoms with van der Waals surface area (Å²) >= 11 is 6.43. The monoisotopic (exact) mass is 548 g/mol. The van der Waals surface area contributed by atoms with Gasteiger partial charge in [-0.25, -0.2) is 9.79 Å². The van der Waals surface area contributed by atoms with Gasteiger partial charge in [-0.3, -0.25) is 9.36 Å². The Morgan fingerprint density at radius 2 is 2.00 bits per heavy atom. The van der Waals surface area contributed by atoms with Gasteiger partial charge in [0.2, 0.25) is 0 Å². The van der Waals surface area contributed by atoms with E-state index in [1.54, 1.807) is 49.0 Å². The molecule has 4 rings (SSSR count). The van der Waals surface area contributed by atoms with E-state index in [9.17, 15) is 9.59 Å². The standard InChI is InChI=1S/C23H21BrN2O5S2/c1-5-31-22(28)19-12(2)25-23-26(21(27)18(33-23)9-13-7-6-8-32-13)20(19)14-10-16(29-3)17(30-4)11-15(14)24/h6-11,20H,5H2,1-4H3/b18-9-/t20-/m0/s1. The molecular formula is C23H21BrN2O5S2. The van der Waals surface area contributed by atoms with E-state index in [0.717, 1.165) is 4.88 Å². The lowest BCUT2D eigenvalue weighted by Gasteiger charge is -2.26. The number of carbonyl (C=O) groups is 1. The number of rotatable bonds is 6. The summed E-state index contributed by atoms with van der Waals surface area (Å²) in [4.78, 5) is 32.7. The first-order chi connectivity index (χ1) is 15.9. The van der Waals surface area contributed by atoms with Crippen molar-refractivity contribution in [3.05, 3.63) is 75.5 Å². The summed E-state index contributed by atoms with van der Waals surface area (Å²) in [7, 11) is 3.08. The molecule has 33 heavy (non-hydrogen) atoms. The number of fused-ring (bicyclic) bond motifs is 1. The van der Waals surface area contributed by atoms with Crippen LogP contribution in [-0.2, 0) is 9.53 Å². The van der Waals surface area contributed by atoms with Crippen LogP contribution in [0.2, 0.25) is 0 Å². The number of thiophene rings is 1. The van der Waals surface area contributed by atoms with Crippen molar-refractivity contribution in [1.29, 1.82) is 0 Å². The minimum Gasteiger partial charge on any atom is -0.493 e. The fourth-order valence-electron chi connectivity index (χ4n) is 3.67. The number of halogens is 1. The van der Waals surface area contributed by atoms with Crippen LogP contribution in [-0.4, -0.2) is 31.4 Å². The molecule has 0 N–H and O–H groups in total. The van der Waals surface area contributed by atoms with Gasteiger partial charge in [-0.05, 0) is 49.1 Å². The summed E-state index contributed by atoms with van der Waals surface area (Å²) in [5.74, 6) is 0.490. The van der Waals surface area contributed by atoms with Gasteiger partial charge in [0.25, 0.3) is 5.56 Å². The molecule has 1 aliphatic rings. The number of nitrogens with zero attached hydrogens (tertiary/aromatic N) is 2. The maximum absolute atomic E-state index is 13.6. The van der Waals surface area contributed by atoms with E-state index >= 15 is 0 Å². The first-order valence-electron chi connectivity index (χ1n) is 10.0. The lowest BCUT2D eigenvalue weighted by molar-refractivity contribution is -0.139. The van der Waals surface area contributed by atoms with Crippen molar-refractivity contribution in [3.63, 3.8) is 0 Å². The number of hydrogen-bond donors (Lipinski definition) is 0. The molecule has 0 bridgehead atoms. The first-order valence-corrected chi connectivity index (χ1v) is 12.5. The van der Waals surface area contributed by atoms with Gasteiger partial charge in [0.05, 0.1) is 42.7 Å². The molecule has 0 unspecified atom stereocenters. The Balaban J connectivity index is 2.02. The van der Waals surface area contributed by atoms with Crippen molar-refractivity contribution in [2.45, 2.75) is 19.9 Å². The quantitative estimate of drug-likeness (QED) is 0.439. The molecule has 0 saturated heterocycles. The lowest BCUT2D eigenvalue weighted by atomic mass is 9.95. The van der Waals surface area contributed by atoms with Gasteiger partial charge < -0.3 is 14.2 Å². The van der Waals surface area contributed by atoms with Crippen LogP contribution in [0, 0.1) is 0 Å². The zero-order valence-corrected chi connectivity index (χ0v) is 21.6. The second-order valence-corrected chi connectivity index (χ2v) is 9.89. The summed E-state index contributed by atoms with van der Waals surface area (Å²) in [5.41, 5.74) is 1.24. The molecule has 10 heteroatoms. The molecule has 3 aromatic rings. The summed E-state index contributed by atoms with van der Waals surface area (Å²) < 4.78 is 19.0. The summed E-state index contributed by atoms with van der Waals surface area (Å²) in [5, 5.41) is 1.95. The van der Waals surface area contributed by atoms with Gasteiger partial charge in [-0.15, -0.1) is 11.3 Å². The highest BCUT2D eigenvalue weighted by molar-refractivity contribution is 9.10. The average molecular weight is 549 g/mol. The SMILES string of the molecule is CCOC(=O)C1=C(C)N=c2s/c(=C\c3cccs3)c(=O)n2[C@H]1c1cc(OC)c(OC)cc1Br. The molecule has 0 fully saturated rings. The predicted molar refractivity (Wildman–Crippen MR) is 132 cm³/mol. The van der Waals surface area contributed by atoms with E-state index in [4.69, 9.17) is 14.2 Å². The van der Waals surface area contributed by atoms with Crippen molar-refractivity contribution in [2.24, 2.45) is 4.99 Å². The second kappa shape index (κ2) is 9.66. The second-order valence-electron chi connectivity index (χ2n) is 7.05. The fraction of sp³-hybridized carbons (Fsp3) is 0.261. The number of hydrogen-bond acceptors (Lipinski definition) is 8. The normalized spacial score (nSPS) is 15.8. The first kappa shape index (κ1) is 23.5. The molecule has 0 radical (unpaired) electrons. The third-order valence-corrected chi connectivity index (χ3v) is 7.62. The van der Waals surface area contributed by atoms with E-state index < -0.39 is 12.0 Å². The van der Waals surface area contributed by atoms with Crippen molar-refractivity contribution >= 4 is 50.6 Å². The van der Waals surface area contributed by atoms with Gasteiger partial charge in [-0.2, -0.15) is 0 Å². The Morgan fingerprint density at radius 3 is 2.64 bits per heavy atom. The number of methoxy groups -OCH3 is 2. The third kappa shape index (κ3) is 4.30. The molecule has 0 saturated carbocycles. The van der Waals surface area contributed by atoms with Crippen LogP contribution in [0.15, 0.2) is 55.2 Å². The number of benzene rings is 1. The van der Waals surface area contributed by atoms with Crippen LogP contribution in [0.1, 0.15) is 30.3 Å². The third-order valence-electron chi connectivity index (χ3n) is 5.13. The highest BCUT2D eigenvalue weighted by Gasteiger charge is 2.35. The van der Waals surface area contributed by atoms with Gasteiger partial charge in [0.15, 0.2) is 16.3 Å². The van der Waals surface area contributed by atoms with Gasteiger partial charge in [0, 0.05) is 9.35 Å². The largest absolute Gasteiger partial charge is 0.493 e. The molecule has 7 nitrogen and oxygen atoms in total. The molecular weight excluding hydrogens is 528 g/mol. The van der Waals surface area contributed by atoms with Crippen LogP contribution >= 0.6 is 38.6 Å². The van der Waals surface area contributed by atoms with Crippen molar-refractivity contribution in [3.8, 4) is 11.5 Å². The van der Waals surface area contributed by atoms with Crippen LogP contribution < -0.4 is 24.4 Å². The zero-order chi connectivity index (χ0) is 23.7. The minimum atomic E-state index is -0.750. The average Bonchev–Trinajstić information content (AvgIpc) is 3.41. The molecule has 172 valence electrons. The summed E-state index contributed by atoms with van der Waals surface area (Å²) in [6.07, 6.45) is 1.85. The predicted octanol–water partition coefficient (Wildman–Crippen LogP) is 3.64. The van der Waals surface area contributed by atoms with Crippen molar-refractivity contribution in [2.75, 3.05) is 20.8 Å². The van der Waals surface area contributed by atoms with Gasteiger partial charge in [-0.1, -0.05) is 33.3 Å². The Morgan fingerprint density at radius 1 is 1.27 bits per heavy atom. The molecule has 2 aromatic heterocycles. The number of ether oxygens (including phenoxy) is 3. The number of esters is 1. The van der Waals surface area contributed by atoms with Gasteiger partial charge in [0.1, 0.15) is 0 Å². The molecule has 0 aliphatic carbocycles. The van der Waals surface area contributed by atoms with Gasteiger partial charge >= 0.3 is 5.97 Å². The Hall–Kier alpha value is -2.69. The highest BCUT2D eigenvalue weighted by Crippen LogP contribution is 2.40. The van der Waals surface area contributed by atoms with Crippen LogP contribution in [0.5, 0.6) is 11.5 Å². The topological polar surface area (TPSA) is 79.1 Å². The van der Waals surface area contributed by atoms with E-state index in [-0.39, 0.29) is 12.2 Å². The number of aromatic nitrogens is 1. The van der Waals surface area contributed by atoms with Crippen LogP contribution in [0.25, 0.3) is 6.08 Å². The zero-order valence-electron chi connectivity index (χ0n) is 18.4. The van der Waals surface area contributed by atoms with E-state index in [0.29, 0.717) is 42.1 Å². The van der Waals surface area contributed by atoms with E-state index in [2.05, 4.69) is 20.9 Å². The van der Waals surface area contributed by atoms with Crippen molar-refractivity contribution in [1.82, 2.24) is 4.57 Å². The molecule has 1 aliphatic heterocycles. The maximum atomic E-state index is 13.6. The number of allylic oxidation sites excluding steroid dienone is 1. The molecule has 0 amide bonds. The Kier molecular flexibility index (Phi) is 6.87. The lowest BCUT2D eigenvalue weighted by Crippen LogP contribution is -2.40. The smallest absolute Gasteiger partial charge is 0.338 e. The van der Waals surface area contributed by atoms with Crippen LogP contribution in [0.4, 0.5) is 0 Å². The summed E-state index contributed by atoms with van der Waals surface area (Å²) in [6, 6.07) is 6.65. The minimum absolute atomic E-state index is 0.207. The number of thiazole rings is 1. The van der Waals surface area contributed by atoms with E-state index in [1.807, 2.05) is 23.6 Å². The Bertz CT molecular complexity index is 1420.